The highest BCUT2D eigenvalue weighted by atomic mass is 16.5. The first kappa shape index (κ1) is 14.5. The van der Waals surface area contributed by atoms with Crippen LogP contribution in [0.2, 0.25) is 0 Å². The molecule has 0 saturated carbocycles. The second-order valence-corrected chi connectivity index (χ2v) is 5.11. The summed E-state index contributed by atoms with van der Waals surface area (Å²) in [5.74, 6) is 0.875. The SMILES string of the molecule is CC(C)(C#N)CCCCOc1ccccc1CN. The molecule has 0 unspecified atom stereocenters. The summed E-state index contributed by atoms with van der Waals surface area (Å²) in [4.78, 5) is 0. The van der Waals surface area contributed by atoms with Crippen LogP contribution in [0.4, 0.5) is 0 Å². The molecule has 0 fully saturated rings. The van der Waals surface area contributed by atoms with Gasteiger partial charge in [0, 0.05) is 12.1 Å². The molecule has 0 atom stereocenters. The monoisotopic (exact) mass is 246 g/mol. The van der Waals surface area contributed by atoms with Gasteiger partial charge in [0.25, 0.3) is 0 Å². The molecule has 0 aromatic heterocycles. The van der Waals surface area contributed by atoms with E-state index in [1.807, 2.05) is 38.1 Å². The average molecular weight is 246 g/mol. The first-order chi connectivity index (χ1) is 8.59. The Bertz CT molecular complexity index is 407. The number of ether oxygens (including phenoxy) is 1. The third kappa shape index (κ3) is 4.77. The maximum absolute atomic E-state index is 8.90. The molecule has 98 valence electrons. The molecule has 2 N–H and O–H groups in total. The molecule has 0 aliphatic heterocycles. The average Bonchev–Trinajstić information content (AvgIpc) is 2.38. The molecule has 0 spiro atoms. The van der Waals surface area contributed by atoms with Crippen molar-refractivity contribution in [3.8, 4) is 11.8 Å². The molecule has 0 amide bonds. The van der Waals surface area contributed by atoms with E-state index in [-0.39, 0.29) is 5.41 Å². The number of nitriles is 1. The topological polar surface area (TPSA) is 59.0 Å². The van der Waals surface area contributed by atoms with Crippen LogP contribution < -0.4 is 10.5 Å². The molecule has 1 aromatic rings. The second kappa shape index (κ2) is 7.03. The van der Waals surface area contributed by atoms with Crippen molar-refractivity contribution in [1.82, 2.24) is 0 Å². The van der Waals surface area contributed by atoms with Crippen LogP contribution >= 0.6 is 0 Å². The second-order valence-electron chi connectivity index (χ2n) is 5.11. The van der Waals surface area contributed by atoms with Gasteiger partial charge >= 0.3 is 0 Å². The molecule has 3 heteroatoms. The Hall–Kier alpha value is -1.53. The smallest absolute Gasteiger partial charge is 0.123 e. The zero-order valence-electron chi connectivity index (χ0n) is 11.3. The molecule has 1 aromatic carbocycles. The minimum absolute atomic E-state index is 0.227. The van der Waals surface area contributed by atoms with Gasteiger partial charge in [-0.1, -0.05) is 18.2 Å². The van der Waals surface area contributed by atoms with Crippen LogP contribution in [0, 0.1) is 16.7 Å². The van der Waals surface area contributed by atoms with Crippen LogP contribution in [-0.2, 0) is 6.54 Å². The molecule has 18 heavy (non-hydrogen) atoms. The van der Waals surface area contributed by atoms with Crippen molar-refractivity contribution in [3.63, 3.8) is 0 Å². The quantitative estimate of drug-likeness (QED) is 0.751. The zero-order chi connectivity index (χ0) is 13.4. The number of nitrogens with zero attached hydrogens (tertiary/aromatic N) is 1. The molecular weight excluding hydrogens is 224 g/mol. The first-order valence-corrected chi connectivity index (χ1v) is 6.41. The highest BCUT2D eigenvalue weighted by Gasteiger charge is 2.15. The van der Waals surface area contributed by atoms with Crippen molar-refractivity contribution < 1.29 is 4.74 Å². The Morgan fingerprint density at radius 1 is 1.28 bits per heavy atom. The van der Waals surface area contributed by atoms with Gasteiger partial charge in [-0.15, -0.1) is 0 Å². The third-order valence-electron chi connectivity index (χ3n) is 2.95. The summed E-state index contributed by atoms with van der Waals surface area (Å²) in [5.41, 5.74) is 6.45. The molecule has 0 radical (unpaired) electrons. The summed E-state index contributed by atoms with van der Waals surface area (Å²) >= 11 is 0. The highest BCUT2D eigenvalue weighted by Crippen LogP contribution is 2.22. The lowest BCUT2D eigenvalue weighted by molar-refractivity contribution is 0.292. The lowest BCUT2D eigenvalue weighted by atomic mass is 9.89. The van der Waals surface area contributed by atoms with Crippen molar-refractivity contribution in [2.24, 2.45) is 11.1 Å². The molecule has 0 heterocycles. The molecule has 3 nitrogen and oxygen atoms in total. The van der Waals surface area contributed by atoms with Gasteiger partial charge in [0.2, 0.25) is 0 Å². The summed E-state index contributed by atoms with van der Waals surface area (Å²) in [5, 5.41) is 8.90. The Kier molecular flexibility index (Phi) is 5.67. The van der Waals surface area contributed by atoms with E-state index in [9.17, 15) is 0 Å². The van der Waals surface area contributed by atoms with E-state index in [2.05, 4.69) is 6.07 Å². The van der Waals surface area contributed by atoms with Crippen LogP contribution in [-0.4, -0.2) is 6.61 Å². The molecule has 0 saturated heterocycles. The van der Waals surface area contributed by atoms with Gasteiger partial charge in [0.1, 0.15) is 5.75 Å². The lowest BCUT2D eigenvalue weighted by Crippen LogP contribution is -2.09. The van der Waals surface area contributed by atoms with Crippen LogP contribution in [0.1, 0.15) is 38.7 Å². The standard InChI is InChI=1S/C15H22N2O/c1-15(2,12-17)9-5-6-10-18-14-8-4-3-7-13(14)11-16/h3-4,7-8H,5-6,9-11,16H2,1-2H3. The van der Waals surface area contributed by atoms with Gasteiger partial charge in [0.15, 0.2) is 0 Å². The van der Waals surface area contributed by atoms with E-state index in [1.54, 1.807) is 0 Å². The fourth-order valence-corrected chi connectivity index (χ4v) is 1.72. The van der Waals surface area contributed by atoms with Gasteiger partial charge in [-0.2, -0.15) is 5.26 Å². The zero-order valence-corrected chi connectivity index (χ0v) is 11.3. The Balaban J connectivity index is 2.28. The fraction of sp³-hybridized carbons (Fsp3) is 0.533. The third-order valence-corrected chi connectivity index (χ3v) is 2.95. The van der Waals surface area contributed by atoms with Crippen molar-refractivity contribution >= 4 is 0 Å². The lowest BCUT2D eigenvalue weighted by Gasteiger charge is -2.15. The maximum atomic E-state index is 8.90. The van der Waals surface area contributed by atoms with E-state index < -0.39 is 0 Å². The minimum atomic E-state index is -0.227. The van der Waals surface area contributed by atoms with Crippen LogP contribution in [0.15, 0.2) is 24.3 Å². The van der Waals surface area contributed by atoms with E-state index >= 15 is 0 Å². The van der Waals surface area contributed by atoms with Crippen molar-refractivity contribution in [2.45, 2.75) is 39.7 Å². The van der Waals surface area contributed by atoms with Crippen molar-refractivity contribution in [2.75, 3.05) is 6.61 Å². The number of nitrogens with two attached hydrogens (primary N) is 1. The van der Waals surface area contributed by atoms with Crippen LogP contribution in [0.5, 0.6) is 5.75 Å². The fourth-order valence-electron chi connectivity index (χ4n) is 1.72. The normalized spacial score (nSPS) is 11.0. The number of unbranched alkanes of at least 4 members (excludes halogenated alkanes) is 1. The van der Waals surface area contributed by atoms with Gasteiger partial charge in [-0.3, -0.25) is 0 Å². The minimum Gasteiger partial charge on any atom is -0.493 e. The van der Waals surface area contributed by atoms with E-state index in [0.29, 0.717) is 13.2 Å². The largest absolute Gasteiger partial charge is 0.493 e. The van der Waals surface area contributed by atoms with E-state index in [4.69, 9.17) is 15.7 Å². The van der Waals surface area contributed by atoms with Gasteiger partial charge in [0.05, 0.1) is 18.1 Å². The Morgan fingerprint density at radius 3 is 2.67 bits per heavy atom. The molecular formula is C15H22N2O. The number of hydrogen-bond acceptors (Lipinski definition) is 3. The number of hydrogen-bond donors (Lipinski definition) is 1. The summed E-state index contributed by atoms with van der Waals surface area (Å²) in [7, 11) is 0. The summed E-state index contributed by atoms with van der Waals surface area (Å²) in [6, 6.07) is 10.2. The summed E-state index contributed by atoms with van der Waals surface area (Å²) in [6.07, 6.45) is 2.88. The molecule has 1 rings (SSSR count). The number of rotatable bonds is 7. The predicted octanol–water partition coefficient (Wildman–Crippen LogP) is 3.24. The highest BCUT2D eigenvalue weighted by molar-refractivity contribution is 5.32. The van der Waals surface area contributed by atoms with Crippen molar-refractivity contribution in [3.05, 3.63) is 29.8 Å². The first-order valence-electron chi connectivity index (χ1n) is 6.41. The van der Waals surface area contributed by atoms with Crippen LogP contribution in [0.3, 0.4) is 0 Å². The molecule has 0 aliphatic carbocycles. The van der Waals surface area contributed by atoms with Gasteiger partial charge in [-0.25, -0.2) is 0 Å². The molecule has 0 aliphatic rings. The van der Waals surface area contributed by atoms with E-state index in [1.165, 1.54) is 0 Å². The van der Waals surface area contributed by atoms with Gasteiger partial charge < -0.3 is 10.5 Å². The molecule has 0 bridgehead atoms. The van der Waals surface area contributed by atoms with E-state index in [0.717, 1.165) is 30.6 Å². The summed E-state index contributed by atoms with van der Waals surface area (Å²) in [6.45, 7) is 5.12. The number of para-hydroxylation sites is 1. The summed E-state index contributed by atoms with van der Waals surface area (Å²) < 4.78 is 5.71. The maximum Gasteiger partial charge on any atom is 0.123 e. The Morgan fingerprint density at radius 2 is 2.00 bits per heavy atom. The van der Waals surface area contributed by atoms with Crippen molar-refractivity contribution in [1.29, 1.82) is 5.26 Å². The number of benzene rings is 1. The Labute approximate surface area is 110 Å². The van der Waals surface area contributed by atoms with Crippen LogP contribution in [0.25, 0.3) is 0 Å². The predicted molar refractivity (Wildman–Crippen MR) is 73.1 cm³/mol. The van der Waals surface area contributed by atoms with Gasteiger partial charge in [-0.05, 0) is 39.2 Å².